The van der Waals surface area contributed by atoms with Gasteiger partial charge in [-0.2, -0.15) is 8.42 Å². The number of para-hydroxylation sites is 2. The van der Waals surface area contributed by atoms with Crippen LogP contribution in [-0.4, -0.2) is 33.9 Å². The Morgan fingerprint density at radius 1 is 1.38 bits per heavy atom. The molecule has 0 bridgehead atoms. The van der Waals surface area contributed by atoms with E-state index in [0.29, 0.717) is 18.9 Å². The number of halogens is 1. The number of nitrogens with zero attached hydrogens (tertiary/aromatic N) is 1. The van der Waals surface area contributed by atoms with Gasteiger partial charge in [-0.3, -0.25) is 0 Å². The maximum atomic E-state index is 12.4. The van der Waals surface area contributed by atoms with Crippen LogP contribution in [0.4, 0.5) is 9.57 Å². The predicted octanol–water partition coefficient (Wildman–Crippen LogP) is 1.18. The van der Waals surface area contributed by atoms with Gasteiger partial charge in [-0.05, 0) is 12.1 Å². The molecule has 0 unspecified atom stereocenters. The Morgan fingerprint density at radius 2 is 2.12 bits per heavy atom. The zero-order chi connectivity index (χ0) is 11.6. The maximum absolute atomic E-state index is 12.4. The molecule has 16 heavy (non-hydrogen) atoms. The van der Waals surface area contributed by atoms with Crippen LogP contribution in [0.5, 0.6) is 5.75 Å². The number of rotatable bonds is 3. The zero-order valence-electron chi connectivity index (χ0n) is 8.60. The molecule has 88 valence electrons. The van der Waals surface area contributed by atoms with Crippen LogP contribution in [0.25, 0.3) is 0 Å². The minimum atomic E-state index is -4.41. The van der Waals surface area contributed by atoms with Gasteiger partial charge in [0.25, 0.3) is 0 Å². The first-order valence-corrected chi connectivity index (χ1v) is 6.51. The first kappa shape index (κ1) is 11.2. The van der Waals surface area contributed by atoms with Crippen molar-refractivity contribution in [3.05, 3.63) is 24.3 Å². The molecule has 0 aliphatic carbocycles. The van der Waals surface area contributed by atoms with E-state index in [9.17, 15) is 12.3 Å². The van der Waals surface area contributed by atoms with Crippen LogP contribution in [0.2, 0.25) is 0 Å². The Hall–Kier alpha value is -1.30. The predicted molar refractivity (Wildman–Crippen MR) is 59.0 cm³/mol. The summed E-state index contributed by atoms with van der Waals surface area (Å²) in [4.78, 5) is 1.82. The highest BCUT2D eigenvalue weighted by Crippen LogP contribution is 2.30. The van der Waals surface area contributed by atoms with E-state index in [4.69, 9.17) is 4.74 Å². The Bertz CT molecular complexity index is 475. The fourth-order valence-corrected chi connectivity index (χ4v) is 2.12. The maximum Gasteiger partial charge on any atom is 0.304 e. The van der Waals surface area contributed by atoms with E-state index in [-0.39, 0.29) is 6.54 Å². The van der Waals surface area contributed by atoms with Gasteiger partial charge < -0.3 is 9.64 Å². The minimum absolute atomic E-state index is 0.152. The van der Waals surface area contributed by atoms with Crippen LogP contribution < -0.4 is 9.64 Å². The highest BCUT2D eigenvalue weighted by atomic mass is 32.3. The number of hydrogen-bond acceptors (Lipinski definition) is 4. The zero-order valence-corrected chi connectivity index (χ0v) is 9.41. The van der Waals surface area contributed by atoms with Crippen molar-refractivity contribution in [3.63, 3.8) is 0 Å². The molecular weight excluding hydrogens is 233 g/mol. The van der Waals surface area contributed by atoms with Gasteiger partial charge in [0.15, 0.2) is 0 Å². The van der Waals surface area contributed by atoms with Crippen LogP contribution in [0.1, 0.15) is 0 Å². The number of benzene rings is 1. The van der Waals surface area contributed by atoms with Crippen LogP contribution in [-0.2, 0) is 10.2 Å². The molecule has 0 radical (unpaired) electrons. The summed E-state index contributed by atoms with van der Waals surface area (Å²) in [5, 5.41) is 0. The molecular formula is C10H12FNO3S. The molecule has 1 heterocycles. The van der Waals surface area contributed by atoms with Gasteiger partial charge in [0.05, 0.1) is 18.0 Å². The SMILES string of the molecule is O=S(=O)(F)CCN1CCOc2ccccc21. The second-order valence-corrected chi connectivity index (χ2v) is 5.03. The number of anilines is 1. The van der Waals surface area contributed by atoms with Gasteiger partial charge in [0.2, 0.25) is 0 Å². The van der Waals surface area contributed by atoms with Crippen molar-refractivity contribution in [2.24, 2.45) is 0 Å². The van der Waals surface area contributed by atoms with Gasteiger partial charge in [0, 0.05) is 6.54 Å². The highest BCUT2D eigenvalue weighted by molar-refractivity contribution is 7.86. The lowest BCUT2D eigenvalue weighted by Crippen LogP contribution is -2.35. The summed E-state index contributed by atoms with van der Waals surface area (Å²) in [5.74, 6) is 0.228. The quantitative estimate of drug-likeness (QED) is 0.750. The lowest BCUT2D eigenvalue weighted by molar-refractivity contribution is 0.308. The van der Waals surface area contributed by atoms with Gasteiger partial charge >= 0.3 is 10.2 Å². The third kappa shape index (κ3) is 2.63. The van der Waals surface area contributed by atoms with Crippen molar-refractivity contribution in [3.8, 4) is 5.75 Å². The summed E-state index contributed by atoms with van der Waals surface area (Å²) >= 11 is 0. The molecule has 0 saturated carbocycles. The van der Waals surface area contributed by atoms with Crippen molar-refractivity contribution in [2.45, 2.75) is 0 Å². The minimum Gasteiger partial charge on any atom is -0.490 e. The largest absolute Gasteiger partial charge is 0.490 e. The average Bonchev–Trinajstić information content (AvgIpc) is 2.25. The number of ether oxygens (including phenoxy) is 1. The van der Waals surface area contributed by atoms with Crippen LogP contribution >= 0.6 is 0 Å². The molecule has 4 nitrogen and oxygen atoms in total. The molecule has 0 aromatic heterocycles. The number of hydrogen-bond donors (Lipinski definition) is 0. The van der Waals surface area contributed by atoms with Gasteiger partial charge in [-0.1, -0.05) is 12.1 Å². The normalized spacial score (nSPS) is 15.4. The lowest BCUT2D eigenvalue weighted by atomic mass is 10.2. The van der Waals surface area contributed by atoms with E-state index in [2.05, 4.69) is 0 Å². The molecule has 1 aliphatic heterocycles. The molecule has 0 amide bonds. The second-order valence-electron chi connectivity index (χ2n) is 3.55. The molecule has 0 N–H and O–H groups in total. The number of fused-ring (bicyclic) bond motifs is 1. The molecule has 0 fully saturated rings. The summed E-state index contributed by atoms with van der Waals surface area (Å²) in [7, 11) is -4.41. The van der Waals surface area contributed by atoms with Crippen molar-refractivity contribution in [2.75, 3.05) is 30.3 Å². The first-order valence-electron chi connectivity index (χ1n) is 4.95. The van der Waals surface area contributed by atoms with Gasteiger partial charge in [-0.25, -0.2) is 0 Å². The lowest BCUT2D eigenvalue weighted by Gasteiger charge is -2.30. The van der Waals surface area contributed by atoms with E-state index >= 15 is 0 Å². The van der Waals surface area contributed by atoms with E-state index in [1.54, 1.807) is 0 Å². The van der Waals surface area contributed by atoms with Crippen molar-refractivity contribution >= 4 is 15.9 Å². The van der Waals surface area contributed by atoms with Crippen LogP contribution in [0.15, 0.2) is 24.3 Å². The van der Waals surface area contributed by atoms with Crippen LogP contribution in [0, 0.1) is 0 Å². The highest BCUT2D eigenvalue weighted by Gasteiger charge is 2.19. The molecule has 0 atom stereocenters. The fraction of sp³-hybridized carbons (Fsp3) is 0.400. The van der Waals surface area contributed by atoms with Gasteiger partial charge in [0.1, 0.15) is 12.4 Å². The van der Waals surface area contributed by atoms with Gasteiger partial charge in [-0.15, -0.1) is 3.89 Å². The summed E-state index contributed by atoms with van der Waals surface area (Å²) < 4.78 is 38.8. The van der Waals surface area contributed by atoms with Crippen LogP contribution in [0.3, 0.4) is 0 Å². The smallest absolute Gasteiger partial charge is 0.304 e. The second kappa shape index (κ2) is 4.29. The monoisotopic (exact) mass is 245 g/mol. The fourth-order valence-electron chi connectivity index (χ4n) is 1.68. The van der Waals surface area contributed by atoms with Crippen molar-refractivity contribution < 1.29 is 17.0 Å². The Kier molecular flexibility index (Phi) is 3.00. The molecule has 1 aromatic carbocycles. The van der Waals surface area contributed by atoms with Crippen molar-refractivity contribution in [1.29, 1.82) is 0 Å². The topological polar surface area (TPSA) is 46.6 Å². The van der Waals surface area contributed by atoms with E-state index in [1.807, 2.05) is 29.2 Å². The molecule has 1 aromatic rings. The Balaban J connectivity index is 2.13. The Labute approximate surface area is 93.8 Å². The molecule has 0 spiro atoms. The third-order valence-electron chi connectivity index (χ3n) is 2.43. The molecule has 2 rings (SSSR count). The summed E-state index contributed by atoms with van der Waals surface area (Å²) in [6.45, 7) is 1.22. The van der Waals surface area contributed by atoms with Crippen molar-refractivity contribution in [1.82, 2.24) is 0 Å². The van der Waals surface area contributed by atoms with E-state index in [1.165, 1.54) is 0 Å². The third-order valence-corrected chi connectivity index (χ3v) is 3.10. The standard InChI is InChI=1S/C10H12FNO3S/c11-16(13,14)8-6-12-5-7-15-10-4-2-1-3-9(10)12/h1-4H,5-8H2. The average molecular weight is 245 g/mol. The first-order chi connectivity index (χ1) is 7.56. The summed E-state index contributed by atoms with van der Waals surface area (Å²) in [6, 6.07) is 7.32. The van der Waals surface area contributed by atoms with E-state index < -0.39 is 16.0 Å². The van der Waals surface area contributed by atoms with E-state index in [0.717, 1.165) is 5.69 Å². The molecule has 6 heteroatoms. The summed E-state index contributed by atoms with van der Waals surface area (Å²) in [6.07, 6.45) is 0. The summed E-state index contributed by atoms with van der Waals surface area (Å²) in [5.41, 5.74) is 0.817. The molecule has 0 saturated heterocycles. The Morgan fingerprint density at radius 3 is 2.88 bits per heavy atom. The molecule has 1 aliphatic rings.